The fourth-order valence-corrected chi connectivity index (χ4v) is 2.60. The van der Waals surface area contributed by atoms with Crippen LogP contribution in [0.25, 0.3) is 11.3 Å². The molecule has 9 nitrogen and oxygen atoms in total. The molecule has 0 bridgehead atoms. The maximum Gasteiger partial charge on any atom is 0.346 e. The first-order chi connectivity index (χ1) is 10.8. The van der Waals surface area contributed by atoms with Crippen molar-refractivity contribution in [2.24, 2.45) is 0 Å². The van der Waals surface area contributed by atoms with Gasteiger partial charge in [-0.05, 0) is 6.92 Å². The van der Waals surface area contributed by atoms with Gasteiger partial charge in [0.05, 0.1) is 24.2 Å². The van der Waals surface area contributed by atoms with E-state index in [1.54, 1.807) is 0 Å². The number of halogens is 1. The van der Waals surface area contributed by atoms with Crippen LogP contribution < -0.4 is 11.4 Å². The Morgan fingerprint density at radius 2 is 2.30 bits per heavy atom. The van der Waals surface area contributed by atoms with E-state index in [0.717, 1.165) is 0 Å². The molecule has 0 aliphatic carbocycles. The maximum atomic E-state index is 14.7. The molecule has 1 saturated heterocycles. The average molecular weight is 325 g/mol. The van der Waals surface area contributed by atoms with Crippen LogP contribution >= 0.6 is 0 Å². The first kappa shape index (κ1) is 15.6. The lowest BCUT2D eigenvalue weighted by molar-refractivity contribution is -0.0586. The number of aromatic nitrogens is 4. The van der Waals surface area contributed by atoms with E-state index in [1.165, 1.54) is 30.2 Å². The highest BCUT2D eigenvalue weighted by Gasteiger charge is 2.54. The average Bonchev–Trinajstić information content (AvgIpc) is 3.04. The molecule has 1 unspecified atom stereocenters. The number of nitrogens with zero attached hydrogens (tertiary/aromatic N) is 3. The number of nitrogens with two attached hydrogens (primary N) is 1. The molecule has 2 aromatic heterocycles. The zero-order valence-corrected chi connectivity index (χ0v) is 12.2. The Morgan fingerprint density at radius 3 is 2.91 bits per heavy atom. The normalized spacial score (nSPS) is 30.7. The smallest absolute Gasteiger partial charge is 0.346 e. The molecule has 2 aromatic rings. The van der Waals surface area contributed by atoms with Gasteiger partial charge in [-0.2, -0.15) is 0 Å². The van der Waals surface area contributed by atoms with E-state index < -0.39 is 36.4 Å². The molecule has 1 aliphatic rings. The van der Waals surface area contributed by atoms with Gasteiger partial charge in [0, 0.05) is 12.4 Å². The molecule has 4 atom stereocenters. The van der Waals surface area contributed by atoms with Crippen molar-refractivity contribution in [1.82, 2.24) is 19.5 Å². The van der Waals surface area contributed by atoms with Crippen molar-refractivity contribution in [3.63, 3.8) is 0 Å². The van der Waals surface area contributed by atoms with Crippen LogP contribution in [0.15, 0.2) is 23.5 Å². The fraction of sp³-hybridized carbons (Fsp3) is 0.462. The molecular formula is C13H16FN5O4. The summed E-state index contributed by atoms with van der Waals surface area (Å²) in [7, 11) is 0. The number of nitrogens with one attached hydrogen (secondary N) is 1. The molecule has 23 heavy (non-hydrogen) atoms. The van der Waals surface area contributed by atoms with Gasteiger partial charge in [0.15, 0.2) is 11.9 Å². The minimum atomic E-state index is -2.11. The van der Waals surface area contributed by atoms with Crippen LogP contribution in [-0.2, 0) is 4.74 Å². The quantitative estimate of drug-likeness (QED) is 0.579. The summed E-state index contributed by atoms with van der Waals surface area (Å²) >= 11 is 0. The zero-order valence-electron chi connectivity index (χ0n) is 12.2. The standard InChI is InChI=1S/C13H16FN5O4/c1-13(14)9(21)8(4-20)23-11(13)19-3-7(17-5-19)6-2-16-12(22)18-10(6)15/h2-3,5,8-9,11,20-21H,4H2,1H3,(H3,15,16,18,22)/t8-,9?,11-,13-/m1/s1. The number of aromatic amines is 1. The first-order valence-corrected chi connectivity index (χ1v) is 6.86. The highest BCUT2D eigenvalue weighted by atomic mass is 19.1. The monoisotopic (exact) mass is 325 g/mol. The Labute approximate surface area is 129 Å². The predicted molar refractivity (Wildman–Crippen MR) is 77.0 cm³/mol. The van der Waals surface area contributed by atoms with Crippen molar-refractivity contribution in [3.8, 4) is 11.3 Å². The van der Waals surface area contributed by atoms with Crippen LogP contribution in [0, 0.1) is 0 Å². The van der Waals surface area contributed by atoms with Crippen LogP contribution in [0.4, 0.5) is 10.2 Å². The van der Waals surface area contributed by atoms with Gasteiger partial charge in [-0.1, -0.05) is 0 Å². The summed E-state index contributed by atoms with van der Waals surface area (Å²) in [6.07, 6.45) is 0.378. The summed E-state index contributed by atoms with van der Waals surface area (Å²) in [5.41, 5.74) is 3.74. The molecule has 0 aromatic carbocycles. The second kappa shape index (κ2) is 5.41. The van der Waals surface area contributed by atoms with Crippen molar-refractivity contribution in [1.29, 1.82) is 0 Å². The van der Waals surface area contributed by atoms with Crippen LogP contribution in [0.1, 0.15) is 13.2 Å². The topological polar surface area (TPSA) is 139 Å². The highest BCUT2D eigenvalue weighted by Crippen LogP contribution is 2.41. The molecule has 1 aliphatic heterocycles. The van der Waals surface area contributed by atoms with Crippen molar-refractivity contribution >= 4 is 5.82 Å². The van der Waals surface area contributed by atoms with Crippen molar-refractivity contribution in [2.75, 3.05) is 12.3 Å². The van der Waals surface area contributed by atoms with Gasteiger partial charge in [-0.15, -0.1) is 0 Å². The SMILES string of the molecule is C[C@@]1(F)C(O)[C@@H](CO)O[C@H]1n1cnc(-c2cnc(=O)[nH]c2N)c1. The number of aliphatic hydroxyl groups excluding tert-OH is 2. The van der Waals surface area contributed by atoms with E-state index >= 15 is 0 Å². The van der Waals surface area contributed by atoms with Gasteiger partial charge in [-0.3, -0.25) is 4.98 Å². The second-order valence-electron chi connectivity index (χ2n) is 5.53. The number of H-pyrrole nitrogens is 1. The molecule has 1 fully saturated rings. The van der Waals surface area contributed by atoms with E-state index in [9.17, 15) is 14.3 Å². The van der Waals surface area contributed by atoms with Gasteiger partial charge in [0.1, 0.15) is 18.0 Å². The largest absolute Gasteiger partial charge is 0.394 e. The minimum absolute atomic E-state index is 0.0823. The van der Waals surface area contributed by atoms with Crippen LogP contribution in [-0.4, -0.2) is 54.2 Å². The first-order valence-electron chi connectivity index (χ1n) is 6.86. The highest BCUT2D eigenvalue weighted by molar-refractivity contribution is 5.68. The molecule has 0 amide bonds. The number of nitrogen functional groups attached to an aromatic ring is 1. The molecule has 3 heterocycles. The number of hydrogen-bond donors (Lipinski definition) is 4. The van der Waals surface area contributed by atoms with Gasteiger partial charge >= 0.3 is 5.69 Å². The summed E-state index contributed by atoms with van der Waals surface area (Å²) in [6, 6.07) is 0. The Kier molecular flexibility index (Phi) is 3.66. The van der Waals surface area contributed by atoms with E-state index in [-0.39, 0.29) is 5.82 Å². The van der Waals surface area contributed by atoms with Crippen molar-refractivity contribution in [3.05, 3.63) is 29.2 Å². The van der Waals surface area contributed by atoms with E-state index in [4.69, 9.17) is 15.6 Å². The molecule has 0 saturated carbocycles. The molecule has 0 spiro atoms. The Hall–Kier alpha value is -2.30. The van der Waals surface area contributed by atoms with Gasteiger partial charge in [0.2, 0.25) is 0 Å². The fourth-order valence-electron chi connectivity index (χ4n) is 2.60. The summed E-state index contributed by atoms with van der Waals surface area (Å²) in [6.45, 7) is 0.684. The number of ether oxygens (including phenoxy) is 1. The van der Waals surface area contributed by atoms with E-state index in [2.05, 4.69) is 15.0 Å². The Balaban J connectivity index is 1.95. The molecule has 0 radical (unpaired) electrons. The number of rotatable bonds is 3. The van der Waals surface area contributed by atoms with Crippen LogP contribution in [0.3, 0.4) is 0 Å². The van der Waals surface area contributed by atoms with Crippen molar-refractivity contribution < 1.29 is 19.3 Å². The second-order valence-corrected chi connectivity index (χ2v) is 5.53. The molecule has 124 valence electrons. The van der Waals surface area contributed by atoms with Crippen molar-refractivity contribution in [2.45, 2.75) is 31.0 Å². The molecular weight excluding hydrogens is 309 g/mol. The lowest BCUT2D eigenvalue weighted by atomic mass is 9.99. The third-order valence-electron chi connectivity index (χ3n) is 3.89. The van der Waals surface area contributed by atoms with Gasteiger partial charge < -0.3 is 25.3 Å². The number of anilines is 1. The summed E-state index contributed by atoms with van der Waals surface area (Å²) in [4.78, 5) is 21.1. The summed E-state index contributed by atoms with van der Waals surface area (Å²) in [5.74, 6) is 0.0823. The van der Waals surface area contributed by atoms with Crippen LogP contribution in [0.5, 0.6) is 0 Å². The van der Waals surface area contributed by atoms with E-state index in [0.29, 0.717) is 11.3 Å². The van der Waals surface area contributed by atoms with Gasteiger partial charge in [-0.25, -0.2) is 19.2 Å². The number of imidazole rings is 1. The maximum absolute atomic E-state index is 14.7. The lowest BCUT2D eigenvalue weighted by Gasteiger charge is -2.24. The zero-order chi connectivity index (χ0) is 16.8. The van der Waals surface area contributed by atoms with Gasteiger partial charge in [0.25, 0.3) is 0 Å². The molecule has 3 rings (SSSR count). The lowest BCUT2D eigenvalue weighted by Crippen LogP contribution is -2.40. The third kappa shape index (κ3) is 2.50. The predicted octanol–water partition coefficient (Wildman–Crippen LogP) is -0.806. The Bertz CT molecular complexity index is 774. The summed E-state index contributed by atoms with van der Waals surface area (Å²) in [5, 5.41) is 19.0. The number of aliphatic hydroxyl groups is 2. The summed E-state index contributed by atoms with van der Waals surface area (Å²) < 4.78 is 21.4. The Morgan fingerprint density at radius 1 is 1.57 bits per heavy atom. The van der Waals surface area contributed by atoms with E-state index in [1.807, 2.05) is 0 Å². The third-order valence-corrected chi connectivity index (χ3v) is 3.89. The van der Waals surface area contributed by atoms with Crippen LogP contribution in [0.2, 0.25) is 0 Å². The minimum Gasteiger partial charge on any atom is -0.394 e. The molecule has 5 N–H and O–H groups in total. The number of hydrogen-bond acceptors (Lipinski definition) is 7. The number of alkyl halides is 1. The molecule has 10 heteroatoms.